The molecule has 0 bridgehead atoms. The second kappa shape index (κ2) is 8.37. The summed E-state index contributed by atoms with van der Waals surface area (Å²) in [6.45, 7) is 4.19. The van der Waals surface area contributed by atoms with E-state index in [2.05, 4.69) is 35.9 Å². The molecule has 1 aromatic rings. The minimum atomic E-state index is 0.479. The standard InChI is InChI=1S/C20H25NO2/c1-15(13-17-7-5-6-8-18(17)21-2)9-10-16-11-12-19(22-3)20(14-16)23-4/h6,8-12,14,17H,1,5,7,13H2,2-4H3/b10-9+,21-18?. The Bertz CT molecular complexity index is 641. The van der Waals surface area contributed by atoms with Crippen molar-refractivity contribution in [2.24, 2.45) is 10.9 Å². The van der Waals surface area contributed by atoms with Gasteiger partial charge in [-0.2, -0.15) is 0 Å². The highest BCUT2D eigenvalue weighted by Crippen LogP contribution is 2.28. The second-order valence-corrected chi connectivity index (χ2v) is 5.64. The predicted molar refractivity (Wildman–Crippen MR) is 97.6 cm³/mol. The van der Waals surface area contributed by atoms with Crippen LogP contribution in [0.5, 0.6) is 11.5 Å². The molecule has 0 saturated heterocycles. The van der Waals surface area contributed by atoms with E-state index < -0.39 is 0 Å². The van der Waals surface area contributed by atoms with Crippen LogP contribution in [0.25, 0.3) is 6.08 Å². The van der Waals surface area contributed by atoms with Crippen LogP contribution in [0.2, 0.25) is 0 Å². The van der Waals surface area contributed by atoms with Crippen LogP contribution in [-0.2, 0) is 0 Å². The molecule has 1 atom stereocenters. The zero-order chi connectivity index (χ0) is 16.7. The molecule has 0 aliphatic heterocycles. The third kappa shape index (κ3) is 4.59. The molecular weight excluding hydrogens is 286 g/mol. The lowest BCUT2D eigenvalue weighted by molar-refractivity contribution is 0.355. The molecule has 0 saturated carbocycles. The number of benzene rings is 1. The number of nitrogens with zero attached hydrogens (tertiary/aromatic N) is 1. The van der Waals surface area contributed by atoms with Crippen LogP contribution >= 0.6 is 0 Å². The van der Waals surface area contributed by atoms with Gasteiger partial charge in [0.2, 0.25) is 0 Å². The lowest BCUT2D eigenvalue weighted by Gasteiger charge is -2.19. The first-order chi connectivity index (χ1) is 11.2. The van der Waals surface area contributed by atoms with Gasteiger partial charge in [0.15, 0.2) is 11.5 Å². The normalized spacial score (nSPS) is 19.3. The summed E-state index contributed by atoms with van der Waals surface area (Å²) in [4.78, 5) is 4.38. The van der Waals surface area contributed by atoms with E-state index in [1.165, 1.54) is 5.71 Å². The van der Waals surface area contributed by atoms with Crippen molar-refractivity contribution in [2.75, 3.05) is 21.3 Å². The van der Waals surface area contributed by atoms with Crippen molar-refractivity contribution in [3.05, 3.63) is 54.1 Å². The molecular formula is C20H25NO2. The summed E-state index contributed by atoms with van der Waals surface area (Å²) in [5.41, 5.74) is 3.36. The van der Waals surface area contributed by atoms with Gasteiger partial charge >= 0.3 is 0 Å². The highest BCUT2D eigenvalue weighted by molar-refractivity contribution is 5.97. The average Bonchev–Trinajstić information content (AvgIpc) is 2.60. The molecule has 23 heavy (non-hydrogen) atoms. The first-order valence-electron chi connectivity index (χ1n) is 7.89. The van der Waals surface area contributed by atoms with Crippen LogP contribution in [0.15, 0.2) is 53.6 Å². The summed E-state index contributed by atoms with van der Waals surface area (Å²) in [6.07, 6.45) is 11.7. The van der Waals surface area contributed by atoms with Gasteiger partial charge in [-0.1, -0.05) is 36.4 Å². The van der Waals surface area contributed by atoms with E-state index in [1.807, 2.05) is 25.2 Å². The van der Waals surface area contributed by atoms with E-state index in [9.17, 15) is 0 Å². The molecule has 3 heteroatoms. The van der Waals surface area contributed by atoms with Gasteiger partial charge in [0.1, 0.15) is 0 Å². The number of allylic oxidation sites excluding steroid dienone is 4. The Morgan fingerprint density at radius 3 is 2.78 bits per heavy atom. The Morgan fingerprint density at radius 1 is 1.30 bits per heavy atom. The van der Waals surface area contributed by atoms with Gasteiger partial charge in [0, 0.05) is 18.7 Å². The third-order valence-corrected chi connectivity index (χ3v) is 4.07. The summed E-state index contributed by atoms with van der Waals surface area (Å²) in [5.74, 6) is 1.95. The Kier molecular flexibility index (Phi) is 6.21. The largest absolute Gasteiger partial charge is 0.493 e. The van der Waals surface area contributed by atoms with Crippen molar-refractivity contribution in [1.82, 2.24) is 0 Å². The molecule has 1 aliphatic rings. The van der Waals surface area contributed by atoms with Crippen molar-refractivity contribution < 1.29 is 9.47 Å². The van der Waals surface area contributed by atoms with E-state index in [-0.39, 0.29) is 0 Å². The van der Waals surface area contributed by atoms with Crippen LogP contribution in [0.3, 0.4) is 0 Å². The molecule has 0 heterocycles. The maximum atomic E-state index is 5.33. The maximum Gasteiger partial charge on any atom is 0.161 e. The SMILES string of the molecule is C=C(/C=C/c1ccc(OC)c(OC)c1)CC1CCC=CC1=NC. The van der Waals surface area contributed by atoms with Crippen molar-refractivity contribution in [3.63, 3.8) is 0 Å². The van der Waals surface area contributed by atoms with E-state index in [1.54, 1.807) is 14.2 Å². The zero-order valence-corrected chi connectivity index (χ0v) is 14.2. The summed E-state index contributed by atoms with van der Waals surface area (Å²) in [6, 6.07) is 5.88. The molecule has 1 unspecified atom stereocenters. The Hall–Kier alpha value is -2.29. The molecule has 2 rings (SSSR count). The summed E-state index contributed by atoms with van der Waals surface area (Å²) < 4.78 is 10.6. The molecule has 0 radical (unpaired) electrons. The lowest BCUT2D eigenvalue weighted by Crippen LogP contribution is -2.15. The average molecular weight is 311 g/mol. The molecule has 0 fully saturated rings. The molecule has 1 aromatic carbocycles. The number of aliphatic imine (C=N–C) groups is 1. The third-order valence-electron chi connectivity index (χ3n) is 4.07. The lowest BCUT2D eigenvalue weighted by atomic mass is 9.87. The van der Waals surface area contributed by atoms with E-state index >= 15 is 0 Å². The smallest absolute Gasteiger partial charge is 0.161 e. The second-order valence-electron chi connectivity index (χ2n) is 5.64. The predicted octanol–water partition coefficient (Wildman–Crippen LogP) is 4.70. The fraction of sp³-hybridized carbons (Fsp3) is 0.350. The van der Waals surface area contributed by atoms with E-state index in [0.717, 1.165) is 41.9 Å². The number of hydrogen-bond acceptors (Lipinski definition) is 3. The van der Waals surface area contributed by atoms with Gasteiger partial charge < -0.3 is 9.47 Å². The first-order valence-corrected chi connectivity index (χ1v) is 7.89. The molecule has 0 spiro atoms. The van der Waals surface area contributed by atoms with Crippen molar-refractivity contribution in [3.8, 4) is 11.5 Å². The van der Waals surface area contributed by atoms with Crippen LogP contribution in [0.4, 0.5) is 0 Å². The molecule has 0 aromatic heterocycles. The highest BCUT2D eigenvalue weighted by atomic mass is 16.5. The Morgan fingerprint density at radius 2 is 2.09 bits per heavy atom. The number of ether oxygens (including phenoxy) is 2. The monoisotopic (exact) mass is 311 g/mol. The molecule has 1 aliphatic carbocycles. The topological polar surface area (TPSA) is 30.8 Å². The summed E-state index contributed by atoms with van der Waals surface area (Å²) >= 11 is 0. The minimum Gasteiger partial charge on any atom is -0.493 e. The highest BCUT2D eigenvalue weighted by Gasteiger charge is 2.16. The Labute approximate surface area is 139 Å². The quantitative estimate of drug-likeness (QED) is 0.713. The van der Waals surface area contributed by atoms with Gasteiger partial charge in [0.05, 0.1) is 14.2 Å². The van der Waals surface area contributed by atoms with Crippen LogP contribution in [-0.4, -0.2) is 27.0 Å². The Balaban J connectivity index is 2.02. The fourth-order valence-corrected chi connectivity index (χ4v) is 2.80. The van der Waals surface area contributed by atoms with E-state index in [4.69, 9.17) is 9.47 Å². The van der Waals surface area contributed by atoms with Gasteiger partial charge in [-0.25, -0.2) is 0 Å². The molecule has 0 N–H and O–H groups in total. The van der Waals surface area contributed by atoms with E-state index in [0.29, 0.717) is 5.92 Å². The van der Waals surface area contributed by atoms with Crippen molar-refractivity contribution >= 4 is 11.8 Å². The zero-order valence-electron chi connectivity index (χ0n) is 14.2. The molecule has 122 valence electrons. The minimum absolute atomic E-state index is 0.479. The van der Waals surface area contributed by atoms with Crippen LogP contribution in [0, 0.1) is 5.92 Å². The van der Waals surface area contributed by atoms with Crippen LogP contribution < -0.4 is 9.47 Å². The van der Waals surface area contributed by atoms with Gasteiger partial charge in [-0.05, 0) is 43.0 Å². The fourth-order valence-electron chi connectivity index (χ4n) is 2.80. The number of rotatable bonds is 6. The summed E-state index contributed by atoms with van der Waals surface area (Å²) in [5, 5.41) is 0. The van der Waals surface area contributed by atoms with Gasteiger partial charge in [-0.3, -0.25) is 4.99 Å². The van der Waals surface area contributed by atoms with Gasteiger partial charge in [-0.15, -0.1) is 0 Å². The molecule has 0 amide bonds. The van der Waals surface area contributed by atoms with Crippen LogP contribution in [0.1, 0.15) is 24.8 Å². The number of methoxy groups -OCH3 is 2. The van der Waals surface area contributed by atoms with Crippen molar-refractivity contribution in [2.45, 2.75) is 19.3 Å². The maximum absolute atomic E-state index is 5.33. The number of hydrogen-bond donors (Lipinski definition) is 0. The van der Waals surface area contributed by atoms with Gasteiger partial charge in [0.25, 0.3) is 0 Å². The molecule has 3 nitrogen and oxygen atoms in total. The van der Waals surface area contributed by atoms with Crippen molar-refractivity contribution in [1.29, 1.82) is 0 Å². The first kappa shape index (κ1) is 17.1. The summed E-state index contributed by atoms with van der Waals surface area (Å²) in [7, 11) is 5.15.